The first-order valence-electron chi connectivity index (χ1n) is 5.83. The minimum Gasteiger partial charge on any atom is -0.481 e. The van der Waals surface area contributed by atoms with Gasteiger partial charge in [0.15, 0.2) is 0 Å². The summed E-state index contributed by atoms with van der Waals surface area (Å²) in [5.41, 5.74) is 0.153. The largest absolute Gasteiger partial charge is 0.481 e. The highest BCUT2D eigenvalue weighted by Crippen LogP contribution is 2.13. The predicted octanol–water partition coefficient (Wildman–Crippen LogP) is 0.670. The van der Waals surface area contributed by atoms with Gasteiger partial charge in [-0.3, -0.25) is 9.59 Å². The monoisotopic (exact) mass is 262 g/mol. The lowest BCUT2D eigenvalue weighted by Gasteiger charge is -2.09. The smallest absolute Gasteiger partial charge is 0.309 e. The fourth-order valence-electron chi connectivity index (χ4n) is 1.91. The second-order valence-electron chi connectivity index (χ2n) is 4.08. The number of hydrogen-bond acceptors (Lipinski definition) is 4. The van der Waals surface area contributed by atoms with Crippen molar-refractivity contribution in [1.82, 2.24) is 9.78 Å². The number of aromatic nitrogens is 2. The highest BCUT2D eigenvalue weighted by atomic mass is 16.5. The van der Waals surface area contributed by atoms with Crippen LogP contribution >= 0.6 is 0 Å². The summed E-state index contributed by atoms with van der Waals surface area (Å²) in [6.07, 6.45) is -0.215. The molecule has 0 amide bonds. The van der Waals surface area contributed by atoms with Crippen LogP contribution in [0.1, 0.15) is 5.69 Å². The van der Waals surface area contributed by atoms with Crippen molar-refractivity contribution in [2.24, 2.45) is 0 Å². The molecule has 0 fully saturated rings. The Morgan fingerprint density at radius 3 is 2.68 bits per heavy atom. The summed E-state index contributed by atoms with van der Waals surface area (Å²) in [6, 6.07) is 6.89. The zero-order chi connectivity index (χ0) is 13.8. The Kier molecular flexibility index (Phi) is 3.91. The van der Waals surface area contributed by atoms with E-state index in [0.29, 0.717) is 29.6 Å². The fourth-order valence-corrected chi connectivity index (χ4v) is 1.91. The van der Waals surface area contributed by atoms with E-state index < -0.39 is 5.97 Å². The topological polar surface area (TPSA) is 81.4 Å². The zero-order valence-corrected chi connectivity index (χ0v) is 10.5. The Balaban J connectivity index is 2.61. The van der Waals surface area contributed by atoms with Crippen LogP contribution in [0.15, 0.2) is 29.1 Å². The third-order valence-corrected chi connectivity index (χ3v) is 2.77. The molecule has 2 aromatic rings. The molecule has 6 heteroatoms. The molecule has 0 spiro atoms. The molecule has 0 saturated carbocycles. The van der Waals surface area contributed by atoms with Gasteiger partial charge in [-0.15, -0.1) is 0 Å². The number of benzene rings is 1. The molecule has 2 rings (SSSR count). The van der Waals surface area contributed by atoms with Crippen LogP contribution in [-0.2, 0) is 22.5 Å². The molecular formula is C13H14N2O4. The van der Waals surface area contributed by atoms with Gasteiger partial charge < -0.3 is 9.84 Å². The predicted molar refractivity (Wildman–Crippen MR) is 69.2 cm³/mol. The number of rotatable bonds is 5. The van der Waals surface area contributed by atoms with Gasteiger partial charge in [0.1, 0.15) is 0 Å². The summed E-state index contributed by atoms with van der Waals surface area (Å²) >= 11 is 0. The molecule has 0 radical (unpaired) electrons. The molecule has 1 N–H and O–H groups in total. The van der Waals surface area contributed by atoms with Crippen LogP contribution in [-0.4, -0.2) is 34.6 Å². The number of carboxylic acid groups (broad SMARTS) is 1. The summed E-state index contributed by atoms with van der Waals surface area (Å²) in [5.74, 6) is -0.977. The lowest BCUT2D eigenvalue weighted by molar-refractivity contribution is -0.136. The van der Waals surface area contributed by atoms with Gasteiger partial charge in [0.25, 0.3) is 5.56 Å². The minimum atomic E-state index is -0.977. The van der Waals surface area contributed by atoms with E-state index >= 15 is 0 Å². The SMILES string of the molecule is COCCn1nc(CC(=O)O)c2ccccc2c1=O. The Labute approximate surface area is 109 Å². The summed E-state index contributed by atoms with van der Waals surface area (Å²) in [6.45, 7) is 0.643. The maximum Gasteiger partial charge on any atom is 0.309 e. The summed E-state index contributed by atoms with van der Waals surface area (Å²) in [4.78, 5) is 23.0. The number of ether oxygens (including phenoxy) is 1. The second-order valence-corrected chi connectivity index (χ2v) is 4.08. The summed E-state index contributed by atoms with van der Waals surface area (Å²) in [7, 11) is 1.53. The van der Waals surface area contributed by atoms with E-state index in [1.165, 1.54) is 11.8 Å². The van der Waals surface area contributed by atoms with E-state index in [9.17, 15) is 9.59 Å². The van der Waals surface area contributed by atoms with E-state index in [4.69, 9.17) is 9.84 Å². The molecule has 0 bridgehead atoms. The first kappa shape index (κ1) is 13.2. The van der Waals surface area contributed by atoms with Gasteiger partial charge in [-0.05, 0) is 6.07 Å². The normalized spacial score (nSPS) is 10.8. The number of hydrogen-bond donors (Lipinski definition) is 1. The summed E-state index contributed by atoms with van der Waals surface area (Å²) < 4.78 is 6.17. The second kappa shape index (κ2) is 5.62. The Morgan fingerprint density at radius 1 is 1.37 bits per heavy atom. The van der Waals surface area contributed by atoms with Crippen molar-refractivity contribution in [2.45, 2.75) is 13.0 Å². The van der Waals surface area contributed by atoms with Crippen LogP contribution in [0.2, 0.25) is 0 Å². The lowest BCUT2D eigenvalue weighted by Crippen LogP contribution is -2.27. The molecule has 19 heavy (non-hydrogen) atoms. The fraction of sp³-hybridized carbons (Fsp3) is 0.308. The molecule has 0 aliphatic rings. The Hall–Kier alpha value is -2.21. The van der Waals surface area contributed by atoms with Gasteiger partial charge >= 0.3 is 5.97 Å². The average molecular weight is 262 g/mol. The van der Waals surface area contributed by atoms with Crippen LogP contribution in [0.5, 0.6) is 0 Å². The maximum atomic E-state index is 12.2. The van der Waals surface area contributed by atoms with Crippen molar-refractivity contribution < 1.29 is 14.6 Å². The van der Waals surface area contributed by atoms with Gasteiger partial charge in [-0.1, -0.05) is 18.2 Å². The number of methoxy groups -OCH3 is 1. The third-order valence-electron chi connectivity index (χ3n) is 2.77. The molecule has 1 aromatic heterocycles. The van der Waals surface area contributed by atoms with Crippen LogP contribution in [0, 0.1) is 0 Å². The molecule has 1 heterocycles. The maximum absolute atomic E-state index is 12.2. The van der Waals surface area contributed by atoms with E-state index in [1.54, 1.807) is 24.3 Å². The van der Waals surface area contributed by atoms with Gasteiger partial charge in [0.05, 0.1) is 30.7 Å². The molecule has 100 valence electrons. The van der Waals surface area contributed by atoms with Gasteiger partial charge in [0.2, 0.25) is 0 Å². The van der Waals surface area contributed by atoms with Crippen LogP contribution in [0.3, 0.4) is 0 Å². The number of fused-ring (bicyclic) bond motifs is 1. The highest BCUT2D eigenvalue weighted by molar-refractivity contribution is 5.86. The van der Waals surface area contributed by atoms with Crippen molar-refractivity contribution in [3.63, 3.8) is 0 Å². The van der Waals surface area contributed by atoms with Crippen molar-refractivity contribution in [2.75, 3.05) is 13.7 Å². The number of nitrogens with zero attached hydrogens (tertiary/aromatic N) is 2. The first-order valence-corrected chi connectivity index (χ1v) is 5.83. The molecule has 0 aliphatic heterocycles. The van der Waals surface area contributed by atoms with Gasteiger partial charge in [0, 0.05) is 12.5 Å². The van der Waals surface area contributed by atoms with Gasteiger partial charge in [-0.2, -0.15) is 5.10 Å². The zero-order valence-electron chi connectivity index (χ0n) is 10.5. The standard InChI is InChI=1S/C13H14N2O4/c1-19-7-6-15-13(18)10-5-3-2-4-9(10)11(14-15)8-12(16)17/h2-5H,6-8H2,1H3,(H,16,17). The van der Waals surface area contributed by atoms with E-state index in [0.717, 1.165) is 0 Å². The molecular weight excluding hydrogens is 248 g/mol. The van der Waals surface area contributed by atoms with Crippen molar-refractivity contribution in [3.8, 4) is 0 Å². The average Bonchev–Trinajstić information content (AvgIpc) is 2.40. The Morgan fingerprint density at radius 2 is 2.05 bits per heavy atom. The lowest BCUT2D eigenvalue weighted by atomic mass is 10.1. The van der Waals surface area contributed by atoms with E-state index in [-0.39, 0.29) is 12.0 Å². The van der Waals surface area contributed by atoms with Crippen LogP contribution in [0.4, 0.5) is 0 Å². The molecule has 6 nitrogen and oxygen atoms in total. The highest BCUT2D eigenvalue weighted by Gasteiger charge is 2.12. The molecule has 0 aliphatic carbocycles. The molecule has 0 unspecified atom stereocenters. The minimum absolute atomic E-state index is 0.215. The van der Waals surface area contributed by atoms with Crippen molar-refractivity contribution >= 4 is 16.7 Å². The van der Waals surface area contributed by atoms with Crippen molar-refractivity contribution in [3.05, 3.63) is 40.3 Å². The quantitative estimate of drug-likeness (QED) is 0.856. The Bertz CT molecular complexity index is 663. The molecule has 0 saturated heterocycles. The first-order chi connectivity index (χ1) is 9.13. The number of aliphatic carboxylic acids is 1. The summed E-state index contributed by atoms with van der Waals surface area (Å²) in [5, 5.41) is 14.1. The van der Waals surface area contributed by atoms with E-state index in [2.05, 4.69) is 5.10 Å². The van der Waals surface area contributed by atoms with Gasteiger partial charge in [-0.25, -0.2) is 4.68 Å². The number of carbonyl (C=O) groups is 1. The molecule has 0 atom stereocenters. The molecule has 1 aromatic carbocycles. The van der Waals surface area contributed by atoms with Crippen molar-refractivity contribution in [1.29, 1.82) is 0 Å². The third kappa shape index (κ3) is 2.79. The van der Waals surface area contributed by atoms with Crippen LogP contribution < -0.4 is 5.56 Å². The van der Waals surface area contributed by atoms with E-state index in [1.807, 2.05) is 0 Å². The van der Waals surface area contributed by atoms with Crippen LogP contribution in [0.25, 0.3) is 10.8 Å². The number of carboxylic acids is 1.